The molecule has 0 saturated carbocycles. The molecular weight excluding hydrogens is 328 g/mol. The van der Waals surface area contributed by atoms with Crippen molar-refractivity contribution in [2.45, 2.75) is 13.0 Å². The van der Waals surface area contributed by atoms with Crippen LogP contribution in [-0.2, 0) is 17.8 Å². The minimum atomic E-state index is 0.0457. The lowest BCUT2D eigenvalue weighted by Crippen LogP contribution is -2.27. The normalized spacial score (nSPS) is 17.3. The molecule has 5 heteroatoms. The summed E-state index contributed by atoms with van der Waals surface area (Å²) in [4.78, 5) is 16.6. The Labute approximate surface area is 153 Å². The lowest BCUT2D eigenvalue weighted by molar-refractivity contribution is -0.112. The van der Waals surface area contributed by atoms with Gasteiger partial charge in [-0.3, -0.25) is 4.79 Å². The number of anilines is 1. The standard InChI is InChI=1S/C21H22N2O3/c1-22-18-7-5-4-6-16(18)17(21(22)24)13-23-9-8-14-10-19(25-2)20(26-3)11-15(14)12-23/h4-7,10-11,13H,8-9,12H2,1-3H3/b17-13-. The van der Waals surface area contributed by atoms with Gasteiger partial charge in [-0.2, -0.15) is 0 Å². The molecule has 0 N–H and O–H groups in total. The molecule has 26 heavy (non-hydrogen) atoms. The van der Waals surface area contributed by atoms with Crippen molar-refractivity contribution in [1.82, 2.24) is 4.90 Å². The maximum atomic E-state index is 12.7. The van der Waals surface area contributed by atoms with Gasteiger partial charge in [0.15, 0.2) is 11.5 Å². The van der Waals surface area contributed by atoms with Crippen LogP contribution in [-0.4, -0.2) is 38.6 Å². The van der Waals surface area contributed by atoms with E-state index in [2.05, 4.69) is 11.0 Å². The lowest BCUT2D eigenvalue weighted by Gasteiger charge is -2.29. The van der Waals surface area contributed by atoms with Crippen LogP contribution < -0.4 is 14.4 Å². The van der Waals surface area contributed by atoms with Crippen molar-refractivity contribution in [3.05, 3.63) is 59.3 Å². The lowest BCUT2D eigenvalue weighted by atomic mass is 9.98. The van der Waals surface area contributed by atoms with Gasteiger partial charge < -0.3 is 19.3 Å². The van der Waals surface area contributed by atoms with E-state index in [-0.39, 0.29) is 5.91 Å². The second kappa shape index (κ2) is 6.41. The average Bonchev–Trinajstić information content (AvgIpc) is 2.92. The van der Waals surface area contributed by atoms with Gasteiger partial charge in [0.25, 0.3) is 5.91 Å². The van der Waals surface area contributed by atoms with Crippen LogP contribution in [0.3, 0.4) is 0 Å². The molecule has 5 nitrogen and oxygen atoms in total. The molecule has 2 aromatic carbocycles. The number of hydrogen-bond donors (Lipinski definition) is 0. The van der Waals surface area contributed by atoms with Gasteiger partial charge >= 0.3 is 0 Å². The van der Waals surface area contributed by atoms with Crippen molar-refractivity contribution >= 4 is 17.2 Å². The molecule has 0 saturated heterocycles. The molecule has 1 amide bonds. The predicted octanol–water partition coefficient (Wildman–Crippen LogP) is 3.08. The molecular formula is C21H22N2O3. The molecule has 2 heterocycles. The first-order valence-corrected chi connectivity index (χ1v) is 8.69. The van der Waals surface area contributed by atoms with E-state index in [0.29, 0.717) is 0 Å². The average molecular weight is 350 g/mol. The molecule has 2 aromatic rings. The quantitative estimate of drug-likeness (QED) is 0.798. The van der Waals surface area contributed by atoms with Crippen LogP contribution >= 0.6 is 0 Å². The van der Waals surface area contributed by atoms with E-state index in [1.165, 1.54) is 11.1 Å². The van der Waals surface area contributed by atoms with Crippen LogP contribution in [0.4, 0.5) is 5.69 Å². The van der Waals surface area contributed by atoms with E-state index < -0.39 is 0 Å². The van der Waals surface area contributed by atoms with Gasteiger partial charge in [0.1, 0.15) is 0 Å². The van der Waals surface area contributed by atoms with Crippen LogP contribution in [0.1, 0.15) is 16.7 Å². The number of rotatable bonds is 3. The fourth-order valence-electron chi connectivity index (χ4n) is 3.72. The Morgan fingerprint density at radius 1 is 1.04 bits per heavy atom. The summed E-state index contributed by atoms with van der Waals surface area (Å²) in [5.41, 5.74) is 5.20. The van der Waals surface area contributed by atoms with Gasteiger partial charge in [-0.15, -0.1) is 0 Å². The van der Waals surface area contributed by atoms with Crippen molar-refractivity contribution in [3.8, 4) is 11.5 Å². The Hall–Kier alpha value is -2.95. The second-order valence-corrected chi connectivity index (χ2v) is 6.62. The number of hydrogen-bond acceptors (Lipinski definition) is 4. The summed E-state index contributed by atoms with van der Waals surface area (Å²) in [7, 11) is 5.13. The van der Waals surface area contributed by atoms with E-state index >= 15 is 0 Å². The zero-order valence-electron chi connectivity index (χ0n) is 15.3. The largest absolute Gasteiger partial charge is 0.493 e. The Balaban J connectivity index is 1.66. The first kappa shape index (κ1) is 16.5. The first-order chi connectivity index (χ1) is 12.6. The van der Waals surface area contributed by atoms with Crippen molar-refractivity contribution in [1.29, 1.82) is 0 Å². The topological polar surface area (TPSA) is 42.0 Å². The maximum Gasteiger partial charge on any atom is 0.260 e. The van der Waals surface area contributed by atoms with Crippen molar-refractivity contribution in [2.75, 3.05) is 32.7 Å². The minimum absolute atomic E-state index is 0.0457. The van der Waals surface area contributed by atoms with E-state index in [9.17, 15) is 4.79 Å². The third kappa shape index (κ3) is 2.60. The van der Waals surface area contributed by atoms with Crippen LogP contribution in [0.15, 0.2) is 42.6 Å². The monoisotopic (exact) mass is 350 g/mol. The van der Waals surface area contributed by atoms with E-state index in [1.807, 2.05) is 43.6 Å². The van der Waals surface area contributed by atoms with Gasteiger partial charge in [-0.05, 0) is 35.7 Å². The highest BCUT2D eigenvalue weighted by molar-refractivity contribution is 6.32. The first-order valence-electron chi connectivity index (χ1n) is 8.69. The summed E-state index contributed by atoms with van der Waals surface area (Å²) in [6.45, 7) is 1.61. The smallest absolute Gasteiger partial charge is 0.260 e. The number of amides is 1. The Morgan fingerprint density at radius 2 is 1.73 bits per heavy atom. The van der Waals surface area contributed by atoms with E-state index in [0.717, 1.165) is 47.8 Å². The van der Waals surface area contributed by atoms with Crippen LogP contribution in [0.2, 0.25) is 0 Å². The maximum absolute atomic E-state index is 12.7. The molecule has 0 unspecified atom stereocenters. The molecule has 0 aliphatic carbocycles. The number of benzene rings is 2. The van der Waals surface area contributed by atoms with Crippen molar-refractivity contribution in [3.63, 3.8) is 0 Å². The fourth-order valence-corrected chi connectivity index (χ4v) is 3.72. The Bertz CT molecular complexity index is 904. The Morgan fingerprint density at radius 3 is 2.46 bits per heavy atom. The molecule has 2 aliphatic heterocycles. The molecule has 0 atom stereocenters. The van der Waals surface area contributed by atoms with Gasteiger partial charge in [-0.25, -0.2) is 0 Å². The van der Waals surface area contributed by atoms with Gasteiger partial charge in [0, 0.05) is 31.9 Å². The number of fused-ring (bicyclic) bond motifs is 2. The highest BCUT2D eigenvalue weighted by Crippen LogP contribution is 2.37. The Kier molecular flexibility index (Phi) is 4.07. The summed E-state index contributed by atoms with van der Waals surface area (Å²) in [6.07, 6.45) is 2.91. The van der Waals surface area contributed by atoms with E-state index in [4.69, 9.17) is 9.47 Å². The molecule has 0 spiro atoms. The number of carbonyl (C=O) groups is 1. The highest BCUT2D eigenvalue weighted by Gasteiger charge is 2.30. The third-order valence-electron chi connectivity index (χ3n) is 5.15. The zero-order valence-corrected chi connectivity index (χ0v) is 15.3. The minimum Gasteiger partial charge on any atom is -0.493 e. The third-order valence-corrected chi connectivity index (χ3v) is 5.15. The molecule has 2 aliphatic rings. The number of ether oxygens (including phenoxy) is 2. The summed E-state index contributed by atoms with van der Waals surface area (Å²) in [6, 6.07) is 12.0. The number of carbonyl (C=O) groups excluding carboxylic acids is 1. The number of methoxy groups -OCH3 is 2. The van der Waals surface area contributed by atoms with E-state index in [1.54, 1.807) is 19.1 Å². The van der Waals surface area contributed by atoms with Crippen LogP contribution in [0.5, 0.6) is 11.5 Å². The molecule has 4 rings (SSSR count). The van der Waals surface area contributed by atoms with Gasteiger partial charge in [0.2, 0.25) is 0 Å². The summed E-state index contributed by atoms with van der Waals surface area (Å²) >= 11 is 0. The molecule has 0 fully saturated rings. The molecule has 0 bridgehead atoms. The van der Waals surface area contributed by atoms with Crippen molar-refractivity contribution < 1.29 is 14.3 Å². The molecule has 134 valence electrons. The summed E-state index contributed by atoms with van der Waals surface area (Å²) in [5, 5.41) is 0. The van der Waals surface area contributed by atoms with Crippen LogP contribution in [0, 0.1) is 0 Å². The fraction of sp³-hybridized carbons (Fsp3) is 0.286. The van der Waals surface area contributed by atoms with Crippen LogP contribution in [0.25, 0.3) is 5.57 Å². The number of para-hydroxylation sites is 1. The number of likely N-dealkylation sites (N-methyl/N-ethyl adjacent to an activating group) is 1. The molecule has 0 aromatic heterocycles. The molecule has 0 radical (unpaired) electrons. The SMILES string of the molecule is COc1cc2c(cc1OC)CN(/C=C1\C(=O)N(C)c3ccccc31)CC2. The summed E-state index contributed by atoms with van der Waals surface area (Å²) in [5.74, 6) is 1.55. The number of nitrogens with zero attached hydrogens (tertiary/aromatic N) is 2. The second-order valence-electron chi connectivity index (χ2n) is 6.62. The zero-order chi connectivity index (χ0) is 18.3. The summed E-state index contributed by atoms with van der Waals surface area (Å²) < 4.78 is 10.8. The van der Waals surface area contributed by atoms with Gasteiger partial charge in [0.05, 0.1) is 25.5 Å². The highest BCUT2D eigenvalue weighted by atomic mass is 16.5. The van der Waals surface area contributed by atoms with Crippen molar-refractivity contribution in [2.24, 2.45) is 0 Å². The predicted molar refractivity (Wildman–Crippen MR) is 101 cm³/mol. The van der Waals surface area contributed by atoms with Gasteiger partial charge in [-0.1, -0.05) is 18.2 Å².